The molecule has 0 saturated carbocycles. The van der Waals surface area contributed by atoms with Gasteiger partial charge in [-0.1, -0.05) is 64.7 Å². The Morgan fingerprint density at radius 1 is 0.957 bits per heavy atom. The van der Waals surface area contributed by atoms with Crippen molar-refractivity contribution < 1.29 is 54.2 Å². The largest absolute Gasteiger partial charge is 1.00 e. The summed E-state index contributed by atoms with van der Waals surface area (Å²) in [7, 11) is 0. The Balaban J connectivity index is -0.000000354. The molecule has 0 fully saturated rings. The minimum absolute atomic E-state index is 0. The Bertz CT molecular complexity index is 300. The van der Waals surface area contributed by atoms with Crippen molar-refractivity contribution in [3.8, 4) is 0 Å². The summed E-state index contributed by atoms with van der Waals surface area (Å²) < 4.78 is 0. The fourth-order valence-corrected chi connectivity index (χ4v) is 1.78. The molecule has 0 aromatic heterocycles. The van der Waals surface area contributed by atoms with Crippen LogP contribution < -0.4 is 35.3 Å². The van der Waals surface area contributed by atoms with E-state index in [2.05, 4.69) is 6.92 Å². The number of unbranched alkanes of at least 4 members (excludes halogenated alkanes) is 9. The first-order valence-corrected chi connectivity index (χ1v) is 8.00. The number of carbonyl (C=O) groups is 2. The summed E-state index contributed by atoms with van der Waals surface area (Å²) in [6.45, 7) is 2.25. The molecule has 0 bridgehead atoms. The van der Waals surface area contributed by atoms with Gasteiger partial charge in [-0.2, -0.15) is 6.42 Å². The standard InChI is InChI=1S/C12H23O.C4H7NO4.Na/c1-2-3-4-5-6-7-8-9-10-11-12-13;5-2(4(8)9)1-3(6)7;/h2-11H2,1H3;2H,1,5H2,(H,6,7)(H,8,9);/q-1;;+1/t;2-;/m.0./s1. The van der Waals surface area contributed by atoms with Gasteiger partial charge in [-0.25, -0.2) is 0 Å². The second-order valence-corrected chi connectivity index (χ2v) is 5.27. The Hall–Kier alpha value is -0.430. The average molecular weight is 339 g/mol. The number of rotatable bonds is 13. The third-order valence-electron chi connectivity index (χ3n) is 3.09. The van der Waals surface area contributed by atoms with E-state index in [1.54, 1.807) is 0 Å². The molecule has 7 heteroatoms. The van der Waals surface area contributed by atoms with Gasteiger partial charge in [0.15, 0.2) is 0 Å². The van der Waals surface area contributed by atoms with Crippen LogP contribution in [0.1, 0.15) is 77.6 Å². The van der Waals surface area contributed by atoms with E-state index >= 15 is 0 Å². The van der Waals surface area contributed by atoms with Crippen LogP contribution >= 0.6 is 0 Å². The maximum Gasteiger partial charge on any atom is 1.00 e. The molecule has 0 unspecified atom stereocenters. The van der Waals surface area contributed by atoms with E-state index in [1.165, 1.54) is 51.4 Å². The van der Waals surface area contributed by atoms with Crippen LogP contribution in [0.4, 0.5) is 0 Å². The van der Waals surface area contributed by atoms with Crippen LogP contribution in [0.15, 0.2) is 0 Å². The van der Waals surface area contributed by atoms with Gasteiger partial charge in [0.1, 0.15) is 6.04 Å². The van der Waals surface area contributed by atoms with Gasteiger partial charge in [0.05, 0.1) is 6.42 Å². The Morgan fingerprint density at radius 3 is 1.70 bits per heavy atom. The average Bonchev–Trinajstić information content (AvgIpc) is 2.45. The molecule has 0 amide bonds. The Kier molecular flexibility index (Phi) is 25.7. The fourth-order valence-electron chi connectivity index (χ4n) is 1.78. The van der Waals surface area contributed by atoms with Gasteiger partial charge < -0.3 is 20.7 Å². The normalized spacial score (nSPS) is 10.7. The summed E-state index contributed by atoms with van der Waals surface area (Å²) in [5, 5.41) is 16.0. The minimum Gasteiger partial charge on any atom is -0.542 e. The summed E-state index contributed by atoms with van der Waals surface area (Å²) in [5.74, 6) is -2.50. The zero-order valence-electron chi connectivity index (χ0n) is 14.6. The number of nitrogens with two attached hydrogens (primary N) is 1. The van der Waals surface area contributed by atoms with E-state index in [1.807, 2.05) is 6.29 Å². The van der Waals surface area contributed by atoms with E-state index in [0.29, 0.717) is 6.42 Å². The first-order valence-electron chi connectivity index (χ1n) is 8.00. The maximum atomic E-state index is 9.89. The molecule has 4 N–H and O–H groups in total. The van der Waals surface area contributed by atoms with E-state index < -0.39 is 24.4 Å². The van der Waals surface area contributed by atoms with Gasteiger partial charge in [0, 0.05) is 0 Å². The van der Waals surface area contributed by atoms with Crippen molar-refractivity contribution in [3.05, 3.63) is 0 Å². The Morgan fingerprint density at radius 2 is 1.39 bits per heavy atom. The summed E-state index contributed by atoms with van der Waals surface area (Å²) >= 11 is 0. The molecule has 0 aliphatic carbocycles. The van der Waals surface area contributed by atoms with Crippen LogP contribution in [0.25, 0.3) is 0 Å². The molecule has 0 spiro atoms. The third kappa shape index (κ3) is 26.8. The quantitative estimate of drug-likeness (QED) is 0.245. The number of carbonyl (C=O) groups excluding carboxylic acids is 1. The monoisotopic (exact) mass is 339 g/mol. The summed E-state index contributed by atoms with van der Waals surface area (Å²) in [4.78, 5) is 29.5. The van der Waals surface area contributed by atoms with Crippen molar-refractivity contribution in [1.82, 2.24) is 0 Å². The van der Waals surface area contributed by atoms with Crippen molar-refractivity contribution in [2.45, 2.75) is 83.6 Å². The molecule has 130 valence electrons. The van der Waals surface area contributed by atoms with Gasteiger partial charge in [0.2, 0.25) is 0 Å². The molecule has 1 atom stereocenters. The molecule has 0 aliphatic rings. The van der Waals surface area contributed by atoms with E-state index in [4.69, 9.17) is 15.9 Å². The van der Waals surface area contributed by atoms with Crippen molar-refractivity contribution >= 4 is 18.2 Å². The number of carboxylic acid groups (broad SMARTS) is 2. The molecule has 0 radical (unpaired) electrons. The summed E-state index contributed by atoms with van der Waals surface area (Å²) in [5.41, 5.74) is 4.84. The van der Waals surface area contributed by atoms with Gasteiger partial charge in [-0.15, -0.1) is 0 Å². The van der Waals surface area contributed by atoms with Crippen molar-refractivity contribution in [2.24, 2.45) is 5.73 Å². The van der Waals surface area contributed by atoms with E-state index in [0.717, 1.165) is 6.42 Å². The zero-order chi connectivity index (χ0) is 17.2. The molecule has 0 heterocycles. The molecule has 23 heavy (non-hydrogen) atoms. The van der Waals surface area contributed by atoms with E-state index in [9.17, 15) is 14.4 Å². The van der Waals surface area contributed by atoms with Crippen LogP contribution in [-0.4, -0.2) is 34.5 Å². The second kappa shape index (κ2) is 21.6. The van der Waals surface area contributed by atoms with Crippen LogP contribution in [-0.2, 0) is 14.4 Å². The number of aliphatic carboxylic acids is 2. The Labute approximate surface area is 161 Å². The van der Waals surface area contributed by atoms with Crippen LogP contribution in [0.5, 0.6) is 0 Å². The first-order chi connectivity index (χ1) is 10.5. The van der Waals surface area contributed by atoms with Crippen molar-refractivity contribution in [2.75, 3.05) is 0 Å². The molecular formula is C16H30NNaO5. The minimum atomic E-state index is -1.29. The molecule has 0 aliphatic heterocycles. The molecule has 0 aromatic carbocycles. The second-order valence-electron chi connectivity index (χ2n) is 5.27. The topological polar surface area (TPSA) is 118 Å². The molecular weight excluding hydrogens is 309 g/mol. The SMILES string of the molecule is CCCCCCCCCCC[C-]=O.N[C@@H](CC(=O)O)C(=O)O.[Na+]. The number of carboxylic acids is 2. The zero-order valence-corrected chi connectivity index (χ0v) is 16.6. The summed E-state index contributed by atoms with van der Waals surface area (Å²) in [6.07, 6.45) is 13.8. The van der Waals surface area contributed by atoms with Crippen LogP contribution in [0.2, 0.25) is 0 Å². The fraction of sp³-hybridized carbons (Fsp3) is 0.812. The van der Waals surface area contributed by atoms with Gasteiger partial charge in [-0.3, -0.25) is 15.9 Å². The van der Waals surface area contributed by atoms with Gasteiger partial charge in [-0.05, 0) is 0 Å². The van der Waals surface area contributed by atoms with Crippen molar-refractivity contribution in [3.63, 3.8) is 0 Å². The predicted molar refractivity (Wildman–Crippen MR) is 85.4 cm³/mol. The summed E-state index contributed by atoms with van der Waals surface area (Å²) in [6, 6.07) is -1.29. The third-order valence-corrected chi connectivity index (χ3v) is 3.09. The predicted octanol–water partition coefficient (Wildman–Crippen LogP) is -0.106. The number of hydrogen-bond donors (Lipinski definition) is 3. The number of hydrogen-bond acceptors (Lipinski definition) is 4. The molecule has 0 rings (SSSR count). The molecule has 0 aromatic rings. The van der Waals surface area contributed by atoms with Crippen LogP contribution in [0, 0.1) is 0 Å². The molecule has 0 saturated heterocycles. The molecule has 6 nitrogen and oxygen atoms in total. The van der Waals surface area contributed by atoms with E-state index in [-0.39, 0.29) is 29.6 Å². The van der Waals surface area contributed by atoms with Gasteiger partial charge >= 0.3 is 41.5 Å². The van der Waals surface area contributed by atoms with Crippen molar-refractivity contribution in [1.29, 1.82) is 0 Å². The smallest absolute Gasteiger partial charge is 0.542 e. The van der Waals surface area contributed by atoms with Gasteiger partial charge in [0.25, 0.3) is 0 Å². The van der Waals surface area contributed by atoms with Crippen LogP contribution in [0.3, 0.4) is 0 Å². The first kappa shape index (κ1) is 27.4. The maximum absolute atomic E-state index is 9.89.